The fourth-order valence-corrected chi connectivity index (χ4v) is 4.31. The summed E-state index contributed by atoms with van der Waals surface area (Å²) in [7, 11) is 1.87. The van der Waals surface area contributed by atoms with Gasteiger partial charge in [0, 0.05) is 29.9 Å². The summed E-state index contributed by atoms with van der Waals surface area (Å²) in [6, 6.07) is 20.2. The zero-order valence-electron chi connectivity index (χ0n) is 16.6. The highest BCUT2D eigenvalue weighted by Crippen LogP contribution is 2.26. The third-order valence-electron chi connectivity index (χ3n) is 5.02. The SMILES string of the molecule is Cc1ccsc1CN(C)C(=O)c1ccccc1-c1ccc(Cn2cccn2)cc1. The first-order valence-electron chi connectivity index (χ1n) is 9.56. The van der Waals surface area contributed by atoms with E-state index in [2.05, 4.69) is 47.7 Å². The molecule has 4 aromatic rings. The van der Waals surface area contributed by atoms with Crippen molar-refractivity contribution >= 4 is 17.2 Å². The molecule has 0 N–H and O–H groups in total. The summed E-state index contributed by atoms with van der Waals surface area (Å²) in [6.07, 6.45) is 3.73. The Morgan fingerprint density at radius 1 is 1.07 bits per heavy atom. The molecule has 0 fully saturated rings. The molecule has 0 saturated carbocycles. The lowest BCUT2D eigenvalue weighted by Crippen LogP contribution is -2.26. The van der Waals surface area contributed by atoms with E-state index in [4.69, 9.17) is 0 Å². The van der Waals surface area contributed by atoms with Crippen LogP contribution < -0.4 is 0 Å². The van der Waals surface area contributed by atoms with Crippen LogP contribution in [0.15, 0.2) is 78.4 Å². The number of rotatable bonds is 6. The molecule has 0 radical (unpaired) electrons. The van der Waals surface area contributed by atoms with Crippen LogP contribution in [0.25, 0.3) is 11.1 Å². The third kappa shape index (κ3) is 4.30. The number of hydrogen-bond acceptors (Lipinski definition) is 3. The summed E-state index contributed by atoms with van der Waals surface area (Å²) in [5.41, 5.74) is 5.13. The van der Waals surface area contributed by atoms with Crippen LogP contribution in [0.4, 0.5) is 0 Å². The minimum atomic E-state index is 0.0361. The third-order valence-corrected chi connectivity index (χ3v) is 6.03. The van der Waals surface area contributed by atoms with Crippen LogP contribution in [0.3, 0.4) is 0 Å². The van der Waals surface area contributed by atoms with Gasteiger partial charge in [0.15, 0.2) is 0 Å². The Hall–Kier alpha value is -3.18. The Kier molecular flexibility index (Phi) is 5.58. The number of hydrogen-bond donors (Lipinski definition) is 0. The molecule has 146 valence electrons. The van der Waals surface area contributed by atoms with Crippen molar-refractivity contribution in [1.29, 1.82) is 0 Å². The van der Waals surface area contributed by atoms with Gasteiger partial charge in [-0.1, -0.05) is 42.5 Å². The zero-order valence-corrected chi connectivity index (χ0v) is 17.4. The minimum Gasteiger partial charge on any atom is -0.337 e. The number of thiophene rings is 1. The number of aromatic nitrogens is 2. The molecule has 0 saturated heterocycles. The molecular formula is C24H23N3OS. The van der Waals surface area contributed by atoms with Gasteiger partial charge in [0.1, 0.15) is 0 Å². The maximum Gasteiger partial charge on any atom is 0.254 e. The molecule has 1 amide bonds. The van der Waals surface area contributed by atoms with Gasteiger partial charge >= 0.3 is 0 Å². The van der Waals surface area contributed by atoms with Crippen LogP contribution in [0, 0.1) is 6.92 Å². The van der Waals surface area contributed by atoms with Crippen LogP contribution in [0.1, 0.15) is 26.4 Å². The van der Waals surface area contributed by atoms with E-state index in [1.807, 2.05) is 48.3 Å². The normalized spacial score (nSPS) is 10.8. The summed E-state index contributed by atoms with van der Waals surface area (Å²) in [4.78, 5) is 16.2. The molecule has 4 nitrogen and oxygen atoms in total. The highest BCUT2D eigenvalue weighted by atomic mass is 32.1. The Balaban J connectivity index is 1.56. The number of carbonyl (C=O) groups excluding carboxylic acids is 1. The van der Waals surface area contributed by atoms with Gasteiger partial charge in [0.2, 0.25) is 0 Å². The molecule has 4 rings (SSSR count). The molecule has 0 aliphatic carbocycles. The number of amides is 1. The van der Waals surface area contributed by atoms with Gasteiger partial charge in [-0.25, -0.2) is 0 Å². The van der Waals surface area contributed by atoms with E-state index < -0.39 is 0 Å². The van der Waals surface area contributed by atoms with Crippen molar-refractivity contribution in [2.24, 2.45) is 0 Å². The smallest absolute Gasteiger partial charge is 0.254 e. The van der Waals surface area contributed by atoms with E-state index in [9.17, 15) is 4.79 Å². The minimum absolute atomic E-state index is 0.0361. The monoisotopic (exact) mass is 401 g/mol. The highest BCUT2D eigenvalue weighted by Gasteiger charge is 2.17. The van der Waals surface area contributed by atoms with Gasteiger partial charge in [-0.15, -0.1) is 11.3 Å². The molecule has 0 spiro atoms. The fourth-order valence-electron chi connectivity index (χ4n) is 3.35. The molecule has 0 unspecified atom stereocenters. The summed E-state index contributed by atoms with van der Waals surface area (Å²) in [5.74, 6) is 0.0361. The first-order valence-corrected chi connectivity index (χ1v) is 10.4. The fraction of sp³-hybridized carbons (Fsp3) is 0.167. The van der Waals surface area contributed by atoms with E-state index in [0.717, 1.165) is 23.2 Å². The second-order valence-corrected chi connectivity index (χ2v) is 8.13. The summed E-state index contributed by atoms with van der Waals surface area (Å²) >= 11 is 1.69. The topological polar surface area (TPSA) is 38.1 Å². The first-order chi connectivity index (χ1) is 14.1. The lowest BCUT2D eigenvalue weighted by molar-refractivity contribution is 0.0787. The van der Waals surface area contributed by atoms with Crippen LogP contribution >= 0.6 is 11.3 Å². The lowest BCUT2D eigenvalue weighted by Gasteiger charge is -2.19. The quantitative estimate of drug-likeness (QED) is 0.443. The summed E-state index contributed by atoms with van der Waals surface area (Å²) < 4.78 is 1.90. The van der Waals surface area contributed by atoms with Gasteiger partial charge in [-0.2, -0.15) is 5.10 Å². The molecule has 0 aliphatic rings. The van der Waals surface area contributed by atoms with Crippen LogP contribution in [0.5, 0.6) is 0 Å². The van der Waals surface area contributed by atoms with Gasteiger partial charge in [0.05, 0.1) is 13.1 Å². The van der Waals surface area contributed by atoms with Crippen LogP contribution in [-0.4, -0.2) is 27.6 Å². The van der Waals surface area contributed by atoms with Crippen LogP contribution in [0.2, 0.25) is 0 Å². The van der Waals surface area contributed by atoms with Crippen molar-refractivity contribution in [1.82, 2.24) is 14.7 Å². The van der Waals surface area contributed by atoms with Crippen molar-refractivity contribution in [3.05, 3.63) is 100 Å². The number of aryl methyl sites for hydroxylation is 1. The molecule has 0 aliphatic heterocycles. The Morgan fingerprint density at radius 3 is 2.55 bits per heavy atom. The van der Waals surface area contributed by atoms with Gasteiger partial charge < -0.3 is 4.90 Å². The van der Waals surface area contributed by atoms with E-state index >= 15 is 0 Å². The first kappa shape index (κ1) is 19.2. The largest absolute Gasteiger partial charge is 0.337 e. The van der Waals surface area contributed by atoms with Crippen molar-refractivity contribution < 1.29 is 4.79 Å². The molecule has 2 aromatic heterocycles. The predicted octanol–water partition coefficient (Wildman–Crippen LogP) is 5.24. The standard InChI is InChI=1S/C24H23N3OS/c1-18-12-15-29-23(18)17-26(2)24(28)22-7-4-3-6-21(22)20-10-8-19(9-11-20)16-27-14-5-13-25-27/h3-15H,16-17H2,1-2H3. The maximum absolute atomic E-state index is 13.2. The molecule has 0 bridgehead atoms. The van der Waals surface area contributed by atoms with Crippen molar-refractivity contribution in [3.63, 3.8) is 0 Å². The van der Waals surface area contributed by atoms with Crippen molar-refractivity contribution in [2.75, 3.05) is 7.05 Å². The number of nitrogens with zero attached hydrogens (tertiary/aromatic N) is 3. The average molecular weight is 402 g/mol. The van der Waals surface area contributed by atoms with E-state index in [1.54, 1.807) is 22.4 Å². The van der Waals surface area contributed by atoms with E-state index in [-0.39, 0.29) is 5.91 Å². The van der Waals surface area contributed by atoms with E-state index in [0.29, 0.717) is 6.54 Å². The van der Waals surface area contributed by atoms with E-state index in [1.165, 1.54) is 16.0 Å². The number of carbonyl (C=O) groups is 1. The molecular weight excluding hydrogens is 378 g/mol. The summed E-state index contributed by atoms with van der Waals surface area (Å²) in [6.45, 7) is 3.44. The average Bonchev–Trinajstić information content (AvgIpc) is 3.40. The molecule has 2 heterocycles. The maximum atomic E-state index is 13.2. The molecule has 0 atom stereocenters. The van der Waals surface area contributed by atoms with Crippen molar-refractivity contribution in [2.45, 2.75) is 20.0 Å². The van der Waals surface area contributed by atoms with Crippen molar-refractivity contribution in [3.8, 4) is 11.1 Å². The summed E-state index contributed by atoms with van der Waals surface area (Å²) in [5, 5.41) is 6.32. The Labute approximate surface area is 175 Å². The number of benzene rings is 2. The second-order valence-electron chi connectivity index (χ2n) is 7.13. The zero-order chi connectivity index (χ0) is 20.2. The van der Waals surface area contributed by atoms with Gasteiger partial charge in [-0.05, 0) is 52.8 Å². The molecule has 2 aromatic carbocycles. The van der Waals surface area contributed by atoms with Gasteiger partial charge in [-0.3, -0.25) is 9.48 Å². The van der Waals surface area contributed by atoms with Gasteiger partial charge in [0.25, 0.3) is 5.91 Å². The second kappa shape index (κ2) is 8.45. The Bertz CT molecular complexity index is 1100. The molecule has 29 heavy (non-hydrogen) atoms. The van der Waals surface area contributed by atoms with Crippen LogP contribution in [-0.2, 0) is 13.1 Å². The Morgan fingerprint density at radius 2 is 1.86 bits per heavy atom. The lowest BCUT2D eigenvalue weighted by atomic mass is 9.98. The molecule has 5 heteroatoms. The highest BCUT2D eigenvalue weighted by molar-refractivity contribution is 7.10. The predicted molar refractivity (Wildman–Crippen MR) is 118 cm³/mol.